The molecule has 2 amide bonds. The summed E-state index contributed by atoms with van der Waals surface area (Å²) in [5.74, 6) is 0.315. The first kappa shape index (κ1) is 14.8. The molecule has 3 aliphatic rings. The van der Waals surface area contributed by atoms with E-state index in [-0.39, 0.29) is 23.5 Å². The van der Waals surface area contributed by atoms with Gasteiger partial charge in [0.1, 0.15) is 11.6 Å². The number of amides is 2. The first-order valence-corrected chi connectivity index (χ1v) is 8.04. The van der Waals surface area contributed by atoms with Crippen LogP contribution < -0.4 is 5.32 Å². The van der Waals surface area contributed by atoms with E-state index in [0.29, 0.717) is 12.5 Å². The van der Waals surface area contributed by atoms with Gasteiger partial charge in [-0.05, 0) is 59.3 Å². The molecule has 0 aromatic carbocycles. The second-order valence-corrected chi connectivity index (χ2v) is 7.60. The quantitative estimate of drug-likeness (QED) is 0.857. The lowest BCUT2D eigenvalue weighted by molar-refractivity contribution is -0.160. The molecule has 0 radical (unpaired) electrons. The lowest BCUT2D eigenvalue weighted by Gasteiger charge is -2.47. The summed E-state index contributed by atoms with van der Waals surface area (Å²) in [6.07, 6.45) is 4.05. The number of ether oxygens (including phenoxy) is 1. The molecular formula is C16H26N2O3. The fourth-order valence-electron chi connectivity index (χ4n) is 3.73. The first-order chi connectivity index (χ1) is 9.74. The molecule has 0 aromatic heterocycles. The number of nitrogens with one attached hydrogen (secondary N) is 1. The Morgan fingerprint density at radius 3 is 2.43 bits per heavy atom. The average Bonchev–Trinajstić information content (AvgIpc) is 3.18. The Kier molecular flexibility index (Phi) is 3.32. The second kappa shape index (κ2) is 4.70. The van der Waals surface area contributed by atoms with Crippen LogP contribution >= 0.6 is 0 Å². The highest BCUT2D eigenvalue weighted by Crippen LogP contribution is 2.45. The molecule has 5 heteroatoms. The fourth-order valence-corrected chi connectivity index (χ4v) is 3.73. The number of hydrogen-bond acceptors (Lipinski definition) is 3. The third-order valence-corrected chi connectivity index (χ3v) is 5.32. The maximum Gasteiger partial charge on any atom is 0.246 e. The van der Waals surface area contributed by atoms with E-state index in [4.69, 9.17) is 4.74 Å². The molecule has 0 bridgehead atoms. The summed E-state index contributed by atoms with van der Waals surface area (Å²) in [5, 5.41) is 2.84. The Labute approximate surface area is 126 Å². The van der Waals surface area contributed by atoms with E-state index >= 15 is 0 Å². The molecule has 1 saturated carbocycles. The third kappa shape index (κ3) is 2.45. The van der Waals surface area contributed by atoms with Crippen molar-refractivity contribution >= 4 is 11.8 Å². The normalized spacial score (nSPS) is 39.5. The monoisotopic (exact) mass is 294 g/mol. The van der Waals surface area contributed by atoms with Crippen LogP contribution in [0, 0.1) is 5.92 Å². The van der Waals surface area contributed by atoms with Crippen LogP contribution in [0.1, 0.15) is 53.4 Å². The minimum Gasteiger partial charge on any atom is -0.371 e. The maximum absolute atomic E-state index is 12.6. The number of rotatable bonds is 3. The van der Waals surface area contributed by atoms with Gasteiger partial charge in [-0.1, -0.05) is 0 Å². The fraction of sp³-hybridized carbons (Fsp3) is 0.875. The summed E-state index contributed by atoms with van der Waals surface area (Å²) >= 11 is 0. The highest BCUT2D eigenvalue weighted by Gasteiger charge is 2.57. The molecule has 21 heavy (non-hydrogen) atoms. The predicted octanol–water partition coefficient (Wildman–Crippen LogP) is 1.46. The molecule has 3 atom stereocenters. The van der Waals surface area contributed by atoms with E-state index in [1.54, 1.807) is 11.8 Å². The highest BCUT2D eigenvalue weighted by atomic mass is 16.5. The van der Waals surface area contributed by atoms with Gasteiger partial charge in [0.05, 0.1) is 11.7 Å². The molecule has 2 aliphatic heterocycles. The number of carbonyl (C=O) groups is 2. The molecule has 1 aliphatic carbocycles. The summed E-state index contributed by atoms with van der Waals surface area (Å²) < 4.78 is 6.04. The van der Waals surface area contributed by atoms with Gasteiger partial charge in [-0.15, -0.1) is 0 Å². The summed E-state index contributed by atoms with van der Waals surface area (Å²) in [6, 6.07) is -0.432. The molecule has 118 valence electrons. The molecule has 2 saturated heterocycles. The molecule has 3 unspecified atom stereocenters. The zero-order chi connectivity index (χ0) is 15.4. The number of piperazine rings is 1. The second-order valence-electron chi connectivity index (χ2n) is 7.60. The molecule has 3 rings (SSSR count). The van der Waals surface area contributed by atoms with Gasteiger partial charge < -0.3 is 15.0 Å². The summed E-state index contributed by atoms with van der Waals surface area (Å²) in [5.41, 5.74) is -0.812. The summed E-state index contributed by atoms with van der Waals surface area (Å²) in [6.45, 7) is 8.39. The lowest BCUT2D eigenvalue weighted by Crippen LogP contribution is -2.70. The Hall–Kier alpha value is -1.10. The molecule has 2 heterocycles. The topological polar surface area (TPSA) is 58.6 Å². The molecular weight excluding hydrogens is 268 g/mol. The van der Waals surface area contributed by atoms with Crippen LogP contribution in [-0.4, -0.2) is 46.5 Å². The van der Waals surface area contributed by atoms with Crippen molar-refractivity contribution in [1.82, 2.24) is 10.2 Å². The van der Waals surface area contributed by atoms with Gasteiger partial charge in [0.25, 0.3) is 0 Å². The molecule has 0 spiro atoms. The van der Waals surface area contributed by atoms with Crippen molar-refractivity contribution in [2.75, 3.05) is 6.54 Å². The van der Waals surface area contributed by atoms with E-state index in [0.717, 1.165) is 25.7 Å². The van der Waals surface area contributed by atoms with Crippen LogP contribution in [0.4, 0.5) is 0 Å². The third-order valence-electron chi connectivity index (χ3n) is 5.32. The Bertz CT molecular complexity index is 472. The number of carbonyl (C=O) groups excluding carboxylic acids is 2. The Balaban J connectivity index is 1.81. The highest BCUT2D eigenvalue weighted by molar-refractivity contribution is 5.99. The van der Waals surface area contributed by atoms with E-state index in [9.17, 15) is 9.59 Å². The minimum atomic E-state index is -0.695. The number of hydrogen-bond donors (Lipinski definition) is 1. The molecule has 5 nitrogen and oxygen atoms in total. The van der Waals surface area contributed by atoms with Crippen molar-refractivity contribution < 1.29 is 14.3 Å². The van der Waals surface area contributed by atoms with Crippen molar-refractivity contribution in [3.8, 4) is 0 Å². The summed E-state index contributed by atoms with van der Waals surface area (Å²) in [7, 11) is 0. The van der Waals surface area contributed by atoms with Gasteiger partial charge in [-0.2, -0.15) is 0 Å². The lowest BCUT2D eigenvalue weighted by atomic mass is 9.88. The van der Waals surface area contributed by atoms with Gasteiger partial charge in [-0.25, -0.2) is 0 Å². The van der Waals surface area contributed by atoms with Crippen LogP contribution in [0.15, 0.2) is 0 Å². The summed E-state index contributed by atoms with van der Waals surface area (Å²) in [4.78, 5) is 26.9. The van der Waals surface area contributed by atoms with Gasteiger partial charge in [0.2, 0.25) is 11.8 Å². The Morgan fingerprint density at radius 1 is 1.24 bits per heavy atom. The van der Waals surface area contributed by atoms with Gasteiger partial charge in [0.15, 0.2) is 0 Å². The van der Waals surface area contributed by atoms with Crippen LogP contribution in [0.5, 0.6) is 0 Å². The van der Waals surface area contributed by atoms with E-state index in [1.165, 1.54) is 0 Å². The number of nitrogens with zero attached hydrogens (tertiary/aromatic N) is 1. The van der Waals surface area contributed by atoms with Crippen molar-refractivity contribution in [3.05, 3.63) is 0 Å². The van der Waals surface area contributed by atoms with E-state index < -0.39 is 11.6 Å². The van der Waals surface area contributed by atoms with Crippen LogP contribution in [0.2, 0.25) is 0 Å². The predicted molar refractivity (Wildman–Crippen MR) is 78.6 cm³/mol. The molecule has 0 aromatic rings. The zero-order valence-electron chi connectivity index (χ0n) is 13.4. The molecule has 1 N–H and O–H groups in total. The molecule has 3 fully saturated rings. The van der Waals surface area contributed by atoms with Gasteiger partial charge in [-0.3, -0.25) is 9.59 Å². The zero-order valence-corrected chi connectivity index (χ0v) is 13.4. The van der Waals surface area contributed by atoms with Crippen LogP contribution in [-0.2, 0) is 14.3 Å². The van der Waals surface area contributed by atoms with Crippen molar-refractivity contribution in [1.29, 1.82) is 0 Å². The SMILES string of the molecule is CC1NC(=O)C(C)(C2CC2)N(CC2CCC(C)(C)O2)C1=O. The van der Waals surface area contributed by atoms with Crippen LogP contribution in [0.3, 0.4) is 0 Å². The minimum absolute atomic E-state index is 0.00522. The van der Waals surface area contributed by atoms with Gasteiger partial charge >= 0.3 is 0 Å². The van der Waals surface area contributed by atoms with Crippen LogP contribution in [0.25, 0.3) is 0 Å². The van der Waals surface area contributed by atoms with Crippen molar-refractivity contribution in [2.45, 2.75) is 76.7 Å². The first-order valence-electron chi connectivity index (χ1n) is 8.04. The van der Waals surface area contributed by atoms with E-state index in [2.05, 4.69) is 19.2 Å². The van der Waals surface area contributed by atoms with Gasteiger partial charge in [0, 0.05) is 6.54 Å². The average molecular weight is 294 g/mol. The van der Waals surface area contributed by atoms with E-state index in [1.807, 2.05) is 6.92 Å². The smallest absolute Gasteiger partial charge is 0.246 e. The van der Waals surface area contributed by atoms with Crippen molar-refractivity contribution in [2.24, 2.45) is 5.92 Å². The Morgan fingerprint density at radius 2 is 1.90 bits per heavy atom. The maximum atomic E-state index is 12.6. The van der Waals surface area contributed by atoms with Crippen molar-refractivity contribution in [3.63, 3.8) is 0 Å². The largest absolute Gasteiger partial charge is 0.371 e. The standard InChI is InChI=1S/C16H26N2O3/c1-10-13(19)18(9-12-7-8-15(2,3)21-12)16(4,11-5-6-11)14(20)17-10/h10-12H,5-9H2,1-4H3,(H,17,20).